The first kappa shape index (κ1) is 22.4. The van der Waals surface area contributed by atoms with Crippen molar-refractivity contribution in [2.75, 3.05) is 19.6 Å². The number of fused-ring (bicyclic) bond motifs is 1. The van der Waals surface area contributed by atoms with Crippen LogP contribution in [0.3, 0.4) is 0 Å². The number of aryl methyl sites for hydroxylation is 2. The molecule has 3 heterocycles. The minimum Gasteiger partial charge on any atom is -0.361 e. The van der Waals surface area contributed by atoms with Gasteiger partial charge in [-0.15, -0.1) is 0 Å². The highest BCUT2D eigenvalue weighted by Crippen LogP contribution is 2.27. The summed E-state index contributed by atoms with van der Waals surface area (Å²) in [5.74, 6) is 1.04. The maximum absolute atomic E-state index is 12.9. The molecule has 1 saturated heterocycles. The number of carbonyl (C=O) groups excluding carboxylic acids is 2. The number of aromatic amines is 1. The average molecular weight is 457 g/mol. The smallest absolute Gasteiger partial charge is 0.270 e. The molecule has 1 aliphatic rings. The number of halogens is 1. The summed E-state index contributed by atoms with van der Waals surface area (Å²) in [4.78, 5) is 30.7. The summed E-state index contributed by atoms with van der Waals surface area (Å²) in [6, 6.07) is 7.39. The number of rotatable bonds is 6. The molecule has 2 N–H and O–H groups in total. The summed E-state index contributed by atoms with van der Waals surface area (Å²) in [6.07, 6.45) is 2.34. The van der Waals surface area contributed by atoms with Gasteiger partial charge in [-0.3, -0.25) is 9.59 Å². The van der Waals surface area contributed by atoms with Crippen LogP contribution in [-0.2, 0) is 11.2 Å². The first-order chi connectivity index (χ1) is 15.3. The maximum Gasteiger partial charge on any atom is 0.270 e. The van der Waals surface area contributed by atoms with Gasteiger partial charge in [0.25, 0.3) is 5.91 Å². The standard InChI is InChI=1S/C24H29ClN4O3/c1-14(23(30)26-9-6-20-15(2)28-32-16(20)3)17-7-10-29(11-8-17)24(31)22-13-18-12-19(25)4-5-21(18)27-22/h4-5,12-14,17,27H,6-11H2,1-3H3,(H,26,30)/t14-/m1/s1. The molecule has 3 aromatic rings. The zero-order valence-corrected chi connectivity index (χ0v) is 19.5. The van der Waals surface area contributed by atoms with Crippen molar-refractivity contribution in [2.24, 2.45) is 11.8 Å². The fourth-order valence-corrected chi connectivity index (χ4v) is 4.72. The monoisotopic (exact) mass is 456 g/mol. The van der Waals surface area contributed by atoms with Crippen molar-refractivity contribution in [1.82, 2.24) is 20.4 Å². The third-order valence-corrected chi connectivity index (χ3v) is 6.85. The molecule has 0 bridgehead atoms. The predicted octanol–water partition coefficient (Wildman–Crippen LogP) is 4.27. The molecule has 0 unspecified atom stereocenters. The zero-order valence-electron chi connectivity index (χ0n) is 18.7. The van der Waals surface area contributed by atoms with Gasteiger partial charge in [0.05, 0.1) is 5.69 Å². The van der Waals surface area contributed by atoms with Gasteiger partial charge < -0.3 is 19.7 Å². The Kier molecular flexibility index (Phi) is 6.55. The molecule has 1 aliphatic heterocycles. The lowest BCUT2D eigenvalue weighted by Crippen LogP contribution is -2.43. The number of amides is 2. The Labute approximate surface area is 192 Å². The SMILES string of the molecule is Cc1noc(C)c1CCNC(=O)[C@H](C)C1CCN(C(=O)c2cc3cc(Cl)ccc3[nH]2)CC1. The molecule has 0 aliphatic carbocycles. The Morgan fingerprint density at radius 2 is 2.03 bits per heavy atom. The van der Waals surface area contributed by atoms with E-state index >= 15 is 0 Å². The van der Waals surface area contributed by atoms with Gasteiger partial charge in [-0.25, -0.2) is 0 Å². The number of benzene rings is 1. The highest BCUT2D eigenvalue weighted by molar-refractivity contribution is 6.31. The molecule has 2 amide bonds. The van der Waals surface area contributed by atoms with Crippen LogP contribution in [0.4, 0.5) is 0 Å². The van der Waals surface area contributed by atoms with Crippen molar-refractivity contribution in [1.29, 1.82) is 0 Å². The van der Waals surface area contributed by atoms with Crippen molar-refractivity contribution < 1.29 is 14.1 Å². The van der Waals surface area contributed by atoms with Gasteiger partial charge in [0.2, 0.25) is 5.91 Å². The van der Waals surface area contributed by atoms with Crippen LogP contribution in [0.1, 0.15) is 47.3 Å². The molecular formula is C24H29ClN4O3. The van der Waals surface area contributed by atoms with Gasteiger partial charge >= 0.3 is 0 Å². The van der Waals surface area contributed by atoms with E-state index in [-0.39, 0.29) is 23.7 Å². The van der Waals surface area contributed by atoms with Gasteiger partial charge in [-0.1, -0.05) is 23.7 Å². The van der Waals surface area contributed by atoms with E-state index in [0.717, 1.165) is 40.8 Å². The van der Waals surface area contributed by atoms with Gasteiger partial charge in [-0.2, -0.15) is 0 Å². The summed E-state index contributed by atoms with van der Waals surface area (Å²) < 4.78 is 5.18. The minimum absolute atomic E-state index is 0.00709. The van der Waals surface area contributed by atoms with Crippen LogP contribution in [0, 0.1) is 25.7 Å². The number of hydrogen-bond acceptors (Lipinski definition) is 4. The lowest BCUT2D eigenvalue weighted by atomic mass is 9.84. The number of aromatic nitrogens is 2. The molecular weight excluding hydrogens is 428 g/mol. The van der Waals surface area contributed by atoms with E-state index in [9.17, 15) is 9.59 Å². The number of likely N-dealkylation sites (tertiary alicyclic amines) is 1. The molecule has 4 rings (SSSR count). The van der Waals surface area contributed by atoms with E-state index in [0.29, 0.717) is 36.8 Å². The molecule has 0 spiro atoms. The second-order valence-corrected chi connectivity index (χ2v) is 9.11. The largest absolute Gasteiger partial charge is 0.361 e. The number of H-pyrrole nitrogens is 1. The lowest BCUT2D eigenvalue weighted by molar-refractivity contribution is -0.126. The number of piperidine rings is 1. The zero-order chi connectivity index (χ0) is 22.8. The van der Waals surface area contributed by atoms with Crippen molar-refractivity contribution in [3.63, 3.8) is 0 Å². The second kappa shape index (κ2) is 9.36. The van der Waals surface area contributed by atoms with E-state index in [4.69, 9.17) is 16.1 Å². The second-order valence-electron chi connectivity index (χ2n) is 8.68. The maximum atomic E-state index is 12.9. The van der Waals surface area contributed by atoms with Crippen molar-refractivity contribution >= 4 is 34.3 Å². The number of carbonyl (C=O) groups is 2. The molecule has 8 heteroatoms. The Hall–Kier alpha value is -2.80. The molecule has 0 saturated carbocycles. The number of nitrogens with zero attached hydrogens (tertiary/aromatic N) is 2. The molecule has 7 nitrogen and oxygen atoms in total. The van der Waals surface area contributed by atoms with Crippen molar-refractivity contribution in [3.8, 4) is 0 Å². The number of hydrogen-bond donors (Lipinski definition) is 2. The molecule has 1 aromatic carbocycles. The van der Waals surface area contributed by atoms with E-state index in [1.165, 1.54) is 0 Å². The Morgan fingerprint density at radius 1 is 1.28 bits per heavy atom. The lowest BCUT2D eigenvalue weighted by Gasteiger charge is -2.34. The first-order valence-corrected chi connectivity index (χ1v) is 11.5. The van der Waals surface area contributed by atoms with Crippen LogP contribution in [0.15, 0.2) is 28.8 Å². The fourth-order valence-electron chi connectivity index (χ4n) is 4.54. The average Bonchev–Trinajstić information content (AvgIpc) is 3.35. The molecule has 0 radical (unpaired) electrons. The van der Waals surface area contributed by atoms with Crippen LogP contribution >= 0.6 is 11.6 Å². The first-order valence-electron chi connectivity index (χ1n) is 11.1. The van der Waals surface area contributed by atoms with E-state index in [2.05, 4.69) is 15.5 Å². The molecule has 170 valence electrons. The van der Waals surface area contributed by atoms with Crippen molar-refractivity contribution in [2.45, 2.75) is 40.0 Å². The summed E-state index contributed by atoms with van der Waals surface area (Å²) in [7, 11) is 0. The summed E-state index contributed by atoms with van der Waals surface area (Å²) in [6.45, 7) is 7.64. The third kappa shape index (κ3) is 4.67. The van der Waals surface area contributed by atoms with Crippen LogP contribution in [0.5, 0.6) is 0 Å². The third-order valence-electron chi connectivity index (χ3n) is 6.62. The van der Waals surface area contributed by atoms with E-state index in [1.54, 1.807) is 6.07 Å². The van der Waals surface area contributed by atoms with Crippen molar-refractivity contribution in [3.05, 3.63) is 52.0 Å². The summed E-state index contributed by atoms with van der Waals surface area (Å²) >= 11 is 6.05. The van der Waals surface area contributed by atoms with E-state index < -0.39 is 0 Å². The Morgan fingerprint density at radius 3 is 2.72 bits per heavy atom. The van der Waals surface area contributed by atoms with Gasteiger partial charge in [0.1, 0.15) is 11.5 Å². The topological polar surface area (TPSA) is 91.2 Å². The highest BCUT2D eigenvalue weighted by atomic mass is 35.5. The molecule has 32 heavy (non-hydrogen) atoms. The Bertz CT molecular complexity index is 1110. The molecule has 1 atom stereocenters. The summed E-state index contributed by atoms with van der Waals surface area (Å²) in [5.41, 5.74) is 3.41. The highest BCUT2D eigenvalue weighted by Gasteiger charge is 2.30. The number of nitrogens with one attached hydrogen (secondary N) is 2. The molecule has 2 aromatic heterocycles. The van der Waals surface area contributed by atoms with Crippen LogP contribution < -0.4 is 5.32 Å². The fraction of sp³-hybridized carbons (Fsp3) is 0.458. The normalized spacial score (nSPS) is 15.8. The van der Waals surface area contributed by atoms with Gasteiger partial charge in [0.15, 0.2) is 0 Å². The predicted molar refractivity (Wildman–Crippen MR) is 124 cm³/mol. The Balaban J connectivity index is 1.27. The van der Waals surface area contributed by atoms with Gasteiger partial charge in [0, 0.05) is 47.0 Å². The molecule has 1 fully saturated rings. The van der Waals surface area contributed by atoms with Crippen LogP contribution in [0.2, 0.25) is 5.02 Å². The van der Waals surface area contributed by atoms with Crippen LogP contribution in [-0.4, -0.2) is 46.5 Å². The quantitative estimate of drug-likeness (QED) is 0.579. The summed E-state index contributed by atoms with van der Waals surface area (Å²) in [5, 5.41) is 8.58. The minimum atomic E-state index is -0.0906. The van der Waals surface area contributed by atoms with Gasteiger partial charge in [-0.05, 0) is 63.3 Å². The van der Waals surface area contributed by atoms with Crippen LogP contribution in [0.25, 0.3) is 10.9 Å². The van der Waals surface area contributed by atoms with E-state index in [1.807, 2.05) is 43.9 Å².